The van der Waals surface area contributed by atoms with Crippen LogP contribution in [-0.4, -0.2) is 37.7 Å². The number of aryl methyl sites for hydroxylation is 1. The molecule has 5 rings (SSSR count). The molecule has 0 atom stereocenters. The highest BCUT2D eigenvalue weighted by Gasteiger charge is 2.15. The number of hydrogen-bond donors (Lipinski definition) is 1. The van der Waals surface area contributed by atoms with Crippen LogP contribution in [0, 0.1) is 13.8 Å². The molecule has 176 valence electrons. The van der Waals surface area contributed by atoms with Gasteiger partial charge in [0.1, 0.15) is 24.2 Å². The molecule has 0 saturated heterocycles. The van der Waals surface area contributed by atoms with E-state index in [1.54, 1.807) is 71.9 Å². The molecule has 3 heterocycles. The summed E-state index contributed by atoms with van der Waals surface area (Å²) in [6, 6.07) is 16.5. The molecule has 10 nitrogen and oxygen atoms in total. The Kier molecular flexibility index (Phi) is 5.75. The largest absolute Gasteiger partial charge is 0.439 e. The van der Waals surface area contributed by atoms with Crippen molar-refractivity contribution in [2.45, 2.75) is 18.7 Å². The van der Waals surface area contributed by atoms with E-state index in [9.17, 15) is 8.42 Å². The molecule has 0 saturated carbocycles. The maximum absolute atomic E-state index is 12.8. The number of rotatable bonds is 7. The van der Waals surface area contributed by atoms with E-state index in [4.69, 9.17) is 4.74 Å². The van der Waals surface area contributed by atoms with Gasteiger partial charge in [-0.1, -0.05) is 0 Å². The monoisotopic (exact) mass is 487 g/mol. The number of hydrogen-bond acceptors (Lipinski definition) is 7. The van der Waals surface area contributed by atoms with Crippen molar-refractivity contribution in [3.05, 3.63) is 97.1 Å². The zero-order chi connectivity index (χ0) is 24.4. The number of anilines is 1. The van der Waals surface area contributed by atoms with Crippen LogP contribution in [0.4, 0.5) is 5.69 Å². The molecule has 0 radical (unpaired) electrons. The molecule has 0 aliphatic rings. The molecule has 0 aliphatic carbocycles. The number of ether oxygens (including phenoxy) is 1. The predicted molar refractivity (Wildman–Crippen MR) is 130 cm³/mol. The van der Waals surface area contributed by atoms with Gasteiger partial charge in [-0.3, -0.25) is 9.29 Å². The quantitative estimate of drug-likeness (QED) is 0.368. The van der Waals surface area contributed by atoms with E-state index in [2.05, 4.69) is 24.8 Å². The van der Waals surface area contributed by atoms with Crippen LogP contribution >= 0.6 is 0 Å². The Hall–Kier alpha value is -4.51. The topological polar surface area (TPSA) is 117 Å². The first-order valence-corrected chi connectivity index (χ1v) is 12.1. The number of benzene rings is 2. The minimum Gasteiger partial charge on any atom is -0.439 e. The molecule has 2 aromatic carbocycles. The smallest absolute Gasteiger partial charge is 0.261 e. The van der Waals surface area contributed by atoms with Gasteiger partial charge in [-0.05, 0) is 68.4 Å². The lowest BCUT2D eigenvalue weighted by molar-refractivity contribution is 0.461. The molecule has 5 aromatic rings. The fourth-order valence-electron chi connectivity index (χ4n) is 3.37. The van der Waals surface area contributed by atoms with Gasteiger partial charge in [0.25, 0.3) is 10.0 Å². The molecule has 35 heavy (non-hydrogen) atoms. The predicted octanol–water partition coefficient (Wildman–Crippen LogP) is 4.06. The van der Waals surface area contributed by atoms with Crippen LogP contribution in [0.5, 0.6) is 11.6 Å². The standard InChI is InChI=1S/C24H21N7O3S/c1-17-18(2)30(16-27-17)23-14-24(26-15-25-23)34-21-8-4-19(5-9-21)29-35(32,33)22-10-6-20(7-11-22)31-13-3-12-28-31/h3-16,29H,1-2H3. The Morgan fingerprint density at radius 1 is 0.943 bits per heavy atom. The molecule has 0 bridgehead atoms. The fourth-order valence-corrected chi connectivity index (χ4v) is 4.43. The van der Waals surface area contributed by atoms with Gasteiger partial charge in [0, 0.05) is 29.8 Å². The van der Waals surface area contributed by atoms with E-state index in [1.807, 2.05) is 18.4 Å². The van der Waals surface area contributed by atoms with Gasteiger partial charge in [0.15, 0.2) is 0 Å². The molecule has 11 heteroatoms. The number of imidazole rings is 1. The average Bonchev–Trinajstić information content (AvgIpc) is 3.51. The van der Waals surface area contributed by atoms with Crippen LogP contribution in [0.1, 0.15) is 11.4 Å². The number of nitrogens with one attached hydrogen (secondary N) is 1. The highest BCUT2D eigenvalue weighted by Crippen LogP contribution is 2.24. The second-order valence-corrected chi connectivity index (χ2v) is 9.36. The van der Waals surface area contributed by atoms with E-state index < -0.39 is 10.0 Å². The second kappa shape index (κ2) is 9.03. The molecule has 3 aromatic heterocycles. The number of nitrogens with zero attached hydrogens (tertiary/aromatic N) is 6. The van der Waals surface area contributed by atoms with Crippen molar-refractivity contribution in [3.8, 4) is 23.1 Å². The van der Waals surface area contributed by atoms with Gasteiger partial charge < -0.3 is 4.74 Å². The van der Waals surface area contributed by atoms with Crippen LogP contribution in [0.15, 0.2) is 90.6 Å². The summed E-state index contributed by atoms with van der Waals surface area (Å²) in [5, 5.41) is 4.14. The van der Waals surface area contributed by atoms with E-state index in [1.165, 1.54) is 18.5 Å². The first-order valence-electron chi connectivity index (χ1n) is 10.6. The minimum absolute atomic E-state index is 0.146. The summed E-state index contributed by atoms with van der Waals surface area (Å²) in [6.07, 6.45) is 6.56. The Labute approximate surface area is 201 Å². The maximum atomic E-state index is 12.8. The second-order valence-electron chi connectivity index (χ2n) is 7.68. The van der Waals surface area contributed by atoms with Gasteiger partial charge in [-0.2, -0.15) is 5.10 Å². The van der Waals surface area contributed by atoms with E-state index in [-0.39, 0.29) is 4.90 Å². The van der Waals surface area contributed by atoms with Crippen molar-refractivity contribution in [1.82, 2.24) is 29.3 Å². The Balaban J connectivity index is 1.28. The SMILES string of the molecule is Cc1ncn(-c2cc(Oc3ccc(NS(=O)(=O)c4ccc(-n5cccn5)cc4)cc3)ncn2)c1C. The molecule has 1 N–H and O–H groups in total. The minimum atomic E-state index is -3.76. The summed E-state index contributed by atoms with van der Waals surface area (Å²) in [4.78, 5) is 12.9. The Morgan fingerprint density at radius 3 is 2.37 bits per heavy atom. The van der Waals surface area contributed by atoms with Crippen molar-refractivity contribution in [2.75, 3.05) is 4.72 Å². The van der Waals surface area contributed by atoms with Gasteiger partial charge in [-0.15, -0.1) is 0 Å². The number of sulfonamides is 1. The van der Waals surface area contributed by atoms with Gasteiger partial charge in [0.2, 0.25) is 5.88 Å². The zero-order valence-corrected chi connectivity index (χ0v) is 19.7. The third-order valence-corrected chi connectivity index (χ3v) is 6.77. The lowest BCUT2D eigenvalue weighted by Gasteiger charge is -2.11. The molecule has 0 unspecified atom stereocenters. The molecule has 0 spiro atoms. The van der Waals surface area contributed by atoms with Crippen molar-refractivity contribution in [2.24, 2.45) is 0 Å². The van der Waals surface area contributed by atoms with Crippen molar-refractivity contribution in [1.29, 1.82) is 0 Å². The summed E-state index contributed by atoms with van der Waals surface area (Å²) in [5.41, 5.74) is 3.06. The molecule has 0 fully saturated rings. The molecule has 0 amide bonds. The van der Waals surface area contributed by atoms with Crippen LogP contribution in [0.3, 0.4) is 0 Å². The summed E-state index contributed by atoms with van der Waals surface area (Å²) in [6.45, 7) is 3.88. The van der Waals surface area contributed by atoms with E-state index in [0.717, 1.165) is 17.1 Å². The van der Waals surface area contributed by atoms with Crippen LogP contribution in [0.2, 0.25) is 0 Å². The third kappa shape index (κ3) is 4.75. The van der Waals surface area contributed by atoms with Crippen molar-refractivity contribution < 1.29 is 13.2 Å². The Morgan fingerprint density at radius 2 is 1.71 bits per heavy atom. The zero-order valence-electron chi connectivity index (χ0n) is 18.9. The van der Waals surface area contributed by atoms with E-state index >= 15 is 0 Å². The maximum Gasteiger partial charge on any atom is 0.261 e. The molecule has 0 aliphatic heterocycles. The molecular formula is C24H21N7O3S. The highest BCUT2D eigenvalue weighted by atomic mass is 32.2. The third-order valence-electron chi connectivity index (χ3n) is 5.37. The lowest BCUT2D eigenvalue weighted by atomic mass is 10.3. The lowest BCUT2D eigenvalue weighted by Crippen LogP contribution is -2.13. The van der Waals surface area contributed by atoms with Crippen molar-refractivity contribution in [3.63, 3.8) is 0 Å². The highest BCUT2D eigenvalue weighted by molar-refractivity contribution is 7.92. The van der Waals surface area contributed by atoms with Crippen molar-refractivity contribution >= 4 is 15.7 Å². The normalized spacial score (nSPS) is 11.4. The van der Waals surface area contributed by atoms with E-state index in [0.29, 0.717) is 23.1 Å². The summed E-state index contributed by atoms with van der Waals surface area (Å²) in [7, 11) is -3.76. The summed E-state index contributed by atoms with van der Waals surface area (Å²) >= 11 is 0. The summed E-state index contributed by atoms with van der Waals surface area (Å²) in [5.74, 6) is 1.49. The van der Waals surface area contributed by atoms with Gasteiger partial charge in [0.05, 0.1) is 16.3 Å². The van der Waals surface area contributed by atoms with Gasteiger partial charge in [-0.25, -0.2) is 28.1 Å². The average molecular weight is 488 g/mol. The van der Waals surface area contributed by atoms with Crippen LogP contribution < -0.4 is 9.46 Å². The van der Waals surface area contributed by atoms with Crippen LogP contribution in [0.25, 0.3) is 11.5 Å². The number of aromatic nitrogens is 6. The Bertz CT molecular complexity index is 1560. The van der Waals surface area contributed by atoms with Gasteiger partial charge >= 0.3 is 0 Å². The van der Waals surface area contributed by atoms with Crippen LogP contribution in [-0.2, 0) is 10.0 Å². The first kappa shape index (κ1) is 22.3. The fraction of sp³-hybridized carbons (Fsp3) is 0.0833. The molecular weight excluding hydrogens is 466 g/mol. The first-order chi connectivity index (χ1) is 16.9. The summed E-state index contributed by atoms with van der Waals surface area (Å²) < 4.78 is 37.5.